The molecule has 3 heteroatoms. The number of hydrogen-bond donors (Lipinski definition) is 0. The first-order valence-corrected chi connectivity index (χ1v) is 5.07. The minimum Gasteiger partial charge on any atom is -0.370 e. The van der Waals surface area contributed by atoms with Crippen LogP contribution in [0.4, 0.5) is 10.1 Å². The first kappa shape index (κ1) is 11.7. The molecule has 0 aromatic heterocycles. The van der Waals surface area contributed by atoms with Crippen LogP contribution in [0.1, 0.15) is 30.6 Å². The van der Waals surface area contributed by atoms with E-state index in [4.69, 9.17) is 0 Å². The van der Waals surface area contributed by atoms with Crippen molar-refractivity contribution >= 4 is 12.0 Å². The van der Waals surface area contributed by atoms with Gasteiger partial charge in [0.1, 0.15) is 12.1 Å². The summed E-state index contributed by atoms with van der Waals surface area (Å²) in [5, 5.41) is 0. The zero-order valence-electron chi connectivity index (χ0n) is 9.33. The number of rotatable bonds is 4. The van der Waals surface area contributed by atoms with Crippen LogP contribution in [-0.2, 0) is 0 Å². The predicted octanol–water partition coefficient (Wildman–Crippen LogP) is 2.87. The molecule has 82 valence electrons. The molecule has 0 N–H and O–H groups in total. The molecule has 0 fully saturated rings. The van der Waals surface area contributed by atoms with Crippen LogP contribution in [0.5, 0.6) is 0 Å². The monoisotopic (exact) mass is 209 g/mol. The van der Waals surface area contributed by atoms with Gasteiger partial charge in [-0.25, -0.2) is 4.39 Å². The molecule has 15 heavy (non-hydrogen) atoms. The third-order valence-electron chi connectivity index (χ3n) is 2.74. The van der Waals surface area contributed by atoms with E-state index in [0.29, 0.717) is 17.5 Å². The maximum absolute atomic E-state index is 13.6. The molecule has 2 nitrogen and oxygen atoms in total. The van der Waals surface area contributed by atoms with Crippen molar-refractivity contribution in [1.29, 1.82) is 0 Å². The maximum atomic E-state index is 13.6. The molecule has 0 aliphatic rings. The Labute approximate surface area is 89.7 Å². The molecule has 1 aromatic rings. The summed E-state index contributed by atoms with van der Waals surface area (Å²) < 4.78 is 13.6. The molecule has 0 saturated heterocycles. The van der Waals surface area contributed by atoms with Gasteiger partial charge in [0.2, 0.25) is 0 Å². The van der Waals surface area contributed by atoms with Gasteiger partial charge in [0, 0.05) is 18.7 Å². The lowest BCUT2D eigenvalue weighted by molar-refractivity contribution is 0.112. The second-order valence-electron chi connectivity index (χ2n) is 3.70. The van der Waals surface area contributed by atoms with Gasteiger partial charge >= 0.3 is 0 Å². The third kappa shape index (κ3) is 2.55. The average molecular weight is 209 g/mol. The van der Waals surface area contributed by atoms with E-state index in [-0.39, 0.29) is 11.9 Å². The number of carbonyl (C=O) groups excluding carboxylic acids is 1. The molecule has 0 saturated carbocycles. The number of hydrogen-bond acceptors (Lipinski definition) is 2. The first-order valence-electron chi connectivity index (χ1n) is 5.07. The van der Waals surface area contributed by atoms with Crippen molar-refractivity contribution in [1.82, 2.24) is 0 Å². The zero-order chi connectivity index (χ0) is 11.4. The minimum absolute atomic E-state index is 0.279. The smallest absolute Gasteiger partial charge is 0.150 e. The van der Waals surface area contributed by atoms with Gasteiger partial charge in [0.15, 0.2) is 0 Å². The highest BCUT2D eigenvalue weighted by Crippen LogP contribution is 2.21. The van der Waals surface area contributed by atoms with Crippen LogP contribution in [0, 0.1) is 5.82 Å². The fourth-order valence-electron chi connectivity index (χ4n) is 1.39. The highest BCUT2D eigenvalue weighted by Gasteiger charge is 2.12. The van der Waals surface area contributed by atoms with Gasteiger partial charge < -0.3 is 4.90 Å². The molecule has 1 rings (SSSR count). The SMILES string of the molecule is CCC(C)N(C)c1ccc(C=O)cc1F. The molecule has 1 unspecified atom stereocenters. The summed E-state index contributed by atoms with van der Waals surface area (Å²) in [7, 11) is 1.85. The van der Waals surface area contributed by atoms with Crippen LogP contribution < -0.4 is 4.90 Å². The summed E-state index contributed by atoms with van der Waals surface area (Å²) in [6, 6.07) is 4.82. The summed E-state index contributed by atoms with van der Waals surface area (Å²) in [5.74, 6) is -0.345. The Morgan fingerprint density at radius 1 is 1.53 bits per heavy atom. The molecule has 0 radical (unpaired) electrons. The Morgan fingerprint density at radius 2 is 2.20 bits per heavy atom. The van der Waals surface area contributed by atoms with Crippen molar-refractivity contribution in [2.24, 2.45) is 0 Å². The molecule has 0 aliphatic carbocycles. The highest BCUT2D eigenvalue weighted by atomic mass is 19.1. The normalized spacial score (nSPS) is 12.3. The molecule has 0 heterocycles. The standard InChI is InChI=1S/C12H16FNO/c1-4-9(2)14(3)12-6-5-10(8-15)7-11(12)13/h5-9H,4H2,1-3H3. The van der Waals surface area contributed by atoms with Crippen molar-refractivity contribution in [2.45, 2.75) is 26.3 Å². The van der Waals surface area contributed by atoms with E-state index in [9.17, 15) is 9.18 Å². The Morgan fingerprint density at radius 3 is 2.67 bits per heavy atom. The van der Waals surface area contributed by atoms with Gasteiger partial charge in [-0.1, -0.05) is 6.92 Å². The van der Waals surface area contributed by atoms with Gasteiger partial charge in [-0.15, -0.1) is 0 Å². The van der Waals surface area contributed by atoms with E-state index in [1.165, 1.54) is 6.07 Å². The molecular weight excluding hydrogens is 193 g/mol. The van der Waals surface area contributed by atoms with Crippen molar-refractivity contribution in [2.75, 3.05) is 11.9 Å². The van der Waals surface area contributed by atoms with E-state index < -0.39 is 0 Å². The van der Waals surface area contributed by atoms with Gasteiger partial charge in [-0.2, -0.15) is 0 Å². The van der Waals surface area contributed by atoms with Crippen molar-refractivity contribution in [3.05, 3.63) is 29.6 Å². The molecule has 0 spiro atoms. The second-order valence-corrected chi connectivity index (χ2v) is 3.70. The fraction of sp³-hybridized carbons (Fsp3) is 0.417. The van der Waals surface area contributed by atoms with Crippen LogP contribution in [0.2, 0.25) is 0 Å². The molecule has 0 bridgehead atoms. The summed E-state index contributed by atoms with van der Waals surface area (Å²) in [4.78, 5) is 12.3. The van der Waals surface area contributed by atoms with Gasteiger partial charge in [-0.3, -0.25) is 4.79 Å². The van der Waals surface area contributed by atoms with Crippen molar-refractivity contribution < 1.29 is 9.18 Å². The number of aldehydes is 1. The average Bonchev–Trinajstić information content (AvgIpc) is 2.26. The fourth-order valence-corrected chi connectivity index (χ4v) is 1.39. The largest absolute Gasteiger partial charge is 0.370 e. The number of halogens is 1. The van der Waals surface area contributed by atoms with Crippen molar-refractivity contribution in [3.8, 4) is 0 Å². The van der Waals surface area contributed by atoms with E-state index in [2.05, 4.69) is 6.92 Å². The van der Waals surface area contributed by atoms with E-state index in [1.54, 1.807) is 12.1 Å². The Balaban J connectivity index is 2.99. The first-order chi connectivity index (χ1) is 7.10. The van der Waals surface area contributed by atoms with Crippen LogP contribution in [-0.4, -0.2) is 19.4 Å². The highest BCUT2D eigenvalue weighted by molar-refractivity contribution is 5.76. The second kappa shape index (κ2) is 4.91. The quantitative estimate of drug-likeness (QED) is 0.711. The summed E-state index contributed by atoms with van der Waals surface area (Å²) in [6.45, 7) is 4.09. The lowest BCUT2D eigenvalue weighted by atomic mass is 10.1. The zero-order valence-corrected chi connectivity index (χ0v) is 9.33. The van der Waals surface area contributed by atoms with Crippen molar-refractivity contribution in [3.63, 3.8) is 0 Å². The third-order valence-corrected chi connectivity index (χ3v) is 2.74. The lowest BCUT2D eigenvalue weighted by Crippen LogP contribution is -2.28. The van der Waals surface area contributed by atoms with Gasteiger partial charge in [0.25, 0.3) is 0 Å². The Bertz CT molecular complexity index is 351. The van der Waals surface area contributed by atoms with Crippen LogP contribution in [0.25, 0.3) is 0 Å². The molecule has 0 aliphatic heterocycles. The predicted molar refractivity (Wildman–Crippen MR) is 59.9 cm³/mol. The van der Waals surface area contributed by atoms with Crippen LogP contribution >= 0.6 is 0 Å². The molecule has 0 amide bonds. The molecular formula is C12H16FNO. The minimum atomic E-state index is -0.345. The topological polar surface area (TPSA) is 20.3 Å². The number of nitrogens with zero attached hydrogens (tertiary/aromatic N) is 1. The lowest BCUT2D eigenvalue weighted by Gasteiger charge is -2.26. The Hall–Kier alpha value is -1.38. The van der Waals surface area contributed by atoms with Gasteiger partial charge in [0.05, 0.1) is 5.69 Å². The summed E-state index contributed by atoms with van der Waals surface area (Å²) in [5.41, 5.74) is 0.906. The molecule has 1 aromatic carbocycles. The van der Waals surface area contributed by atoms with Crippen LogP contribution in [0.15, 0.2) is 18.2 Å². The van der Waals surface area contributed by atoms with E-state index in [0.717, 1.165) is 6.42 Å². The van der Waals surface area contributed by atoms with E-state index in [1.807, 2.05) is 18.9 Å². The maximum Gasteiger partial charge on any atom is 0.150 e. The van der Waals surface area contributed by atoms with Crippen LogP contribution in [0.3, 0.4) is 0 Å². The van der Waals surface area contributed by atoms with Gasteiger partial charge in [-0.05, 0) is 31.5 Å². The summed E-state index contributed by atoms with van der Waals surface area (Å²) >= 11 is 0. The Kier molecular flexibility index (Phi) is 3.83. The summed E-state index contributed by atoms with van der Waals surface area (Å²) in [6.07, 6.45) is 1.60. The molecule has 1 atom stereocenters. The number of anilines is 1. The number of benzene rings is 1. The number of carbonyl (C=O) groups is 1. The van der Waals surface area contributed by atoms with E-state index >= 15 is 0 Å².